The number of nitrogens with zero attached hydrogens (tertiary/aromatic N) is 2. The molecule has 5 rings (SSSR count). The Morgan fingerprint density at radius 3 is 2.46 bits per heavy atom. The van der Waals surface area contributed by atoms with Gasteiger partial charge < -0.3 is 14.6 Å². The first-order valence-corrected chi connectivity index (χ1v) is 17.1. The Balaban J connectivity index is 1.25. The van der Waals surface area contributed by atoms with Crippen molar-refractivity contribution in [3.05, 3.63) is 93.0 Å². The highest BCUT2D eigenvalue weighted by atomic mass is 35.5. The molecule has 246 valence electrons. The highest BCUT2D eigenvalue weighted by molar-refractivity contribution is 6.32. The lowest BCUT2D eigenvalue weighted by Crippen LogP contribution is -2.45. The van der Waals surface area contributed by atoms with E-state index in [1.807, 2.05) is 19.1 Å². The van der Waals surface area contributed by atoms with Gasteiger partial charge in [0.15, 0.2) is 0 Å². The number of aliphatic carboxylic acids is 1. The fourth-order valence-corrected chi connectivity index (χ4v) is 7.24. The third-order valence-corrected chi connectivity index (χ3v) is 9.86. The summed E-state index contributed by atoms with van der Waals surface area (Å²) < 4.78 is 12.2. The largest absolute Gasteiger partial charge is 0.487 e. The fraction of sp³-hybridized carbons (Fsp3) is 0.462. The van der Waals surface area contributed by atoms with Gasteiger partial charge in [-0.3, -0.25) is 14.6 Å². The monoisotopic (exact) mass is 644 g/mol. The molecular weight excluding hydrogens is 596 g/mol. The Hall–Kier alpha value is -3.16. The molecule has 0 radical (unpaired) electrons. The van der Waals surface area contributed by atoms with Crippen molar-refractivity contribution >= 4 is 23.6 Å². The molecule has 0 spiro atoms. The molecule has 2 aliphatic heterocycles. The van der Waals surface area contributed by atoms with Crippen molar-refractivity contribution in [3.8, 4) is 16.9 Å². The summed E-state index contributed by atoms with van der Waals surface area (Å²) in [6.45, 7) is 15.5. The van der Waals surface area contributed by atoms with E-state index in [1.54, 1.807) is 0 Å². The highest BCUT2D eigenvalue weighted by Gasteiger charge is 2.29. The summed E-state index contributed by atoms with van der Waals surface area (Å²) in [6.07, 6.45) is 8.82. The van der Waals surface area contributed by atoms with Crippen molar-refractivity contribution in [1.29, 1.82) is 0 Å². The second-order valence-corrected chi connectivity index (χ2v) is 13.5. The number of hydrogen-bond acceptors (Lipinski definition) is 5. The highest BCUT2D eigenvalue weighted by Crippen LogP contribution is 2.34. The standard InChI is InChI=1S/C39H49ClN2O4/c1-26-20-38(36(40)21-33(26)24-42-19-9-7-17-37(42)39(43)44)45-25-32-14-11-16-35(30(32)5)34-15-10-13-31(29(34)4)12-6-8-18-41-22-27(2)46-28(3)23-41/h6,10-16,20-21,27-28,37H,7-9,17-19,22-25H2,1-5H3,(H,43,44)/b12-6+/t27?,28?,37-/m0/s1. The van der Waals surface area contributed by atoms with Crippen molar-refractivity contribution in [2.24, 2.45) is 0 Å². The molecule has 0 amide bonds. The van der Waals surface area contributed by atoms with Crippen LogP contribution in [0, 0.1) is 20.8 Å². The number of halogens is 1. The number of hydrogen-bond donors (Lipinski definition) is 1. The minimum atomic E-state index is -0.747. The van der Waals surface area contributed by atoms with Gasteiger partial charge in [-0.25, -0.2) is 0 Å². The minimum absolute atomic E-state index is 0.294. The summed E-state index contributed by atoms with van der Waals surface area (Å²) in [7, 11) is 0. The molecule has 46 heavy (non-hydrogen) atoms. The number of likely N-dealkylation sites (tertiary alicyclic amines) is 1. The maximum Gasteiger partial charge on any atom is 0.320 e. The molecule has 3 aromatic carbocycles. The predicted octanol–water partition coefficient (Wildman–Crippen LogP) is 8.46. The normalized spacial score (nSPS) is 21.1. The van der Waals surface area contributed by atoms with Crippen molar-refractivity contribution in [2.45, 2.75) is 91.7 Å². The van der Waals surface area contributed by atoms with Crippen molar-refractivity contribution in [3.63, 3.8) is 0 Å². The van der Waals surface area contributed by atoms with Gasteiger partial charge in [-0.2, -0.15) is 0 Å². The van der Waals surface area contributed by atoms with E-state index in [1.165, 1.54) is 27.8 Å². The lowest BCUT2D eigenvalue weighted by molar-refractivity contribution is -0.144. The summed E-state index contributed by atoms with van der Waals surface area (Å²) in [5.74, 6) is -0.103. The Bertz CT molecular complexity index is 1540. The zero-order valence-electron chi connectivity index (χ0n) is 28.0. The molecule has 6 nitrogen and oxygen atoms in total. The van der Waals surface area contributed by atoms with Crippen molar-refractivity contribution < 1.29 is 19.4 Å². The SMILES string of the molecule is Cc1cc(OCc2cccc(-c3cccc(/C=C/CCN4CC(C)OC(C)C4)c3C)c2C)c(Cl)cc1CN1CCCC[C@H]1C(=O)O. The maximum absolute atomic E-state index is 11.8. The zero-order valence-corrected chi connectivity index (χ0v) is 28.8. The lowest BCUT2D eigenvalue weighted by Gasteiger charge is -2.35. The molecule has 3 atom stereocenters. The van der Waals surface area contributed by atoms with Gasteiger partial charge >= 0.3 is 5.97 Å². The molecule has 2 fully saturated rings. The van der Waals surface area contributed by atoms with E-state index in [4.69, 9.17) is 21.1 Å². The molecule has 2 heterocycles. The number of benzene rings is 3. The van der Waals surface area contributed by atoms with Crippen LogP contribution in [0.1, 0.15) is 72.9 Å². The number of piperidine rings is 1. The van der Waals surface area contributed by atoms with Crippen LogP contribution in [0.15, 0.2) is 54.6 Å². The summed E-state index contributed by atoms with van der Waals surface area (Å²) in [5, 5.41) is 10.2. The van der Waals surface area contributed by atoms with Gasteiger partial charge in [0.05, 0.1) is 17.2 Å². The number of rotatable bonds is 11. The molecule has 7 heteroatoms. The topological polar surface area (TPSA) is 62.2 Å². The van der Waals surface area contributed by atoms with Gasteiger partial charge in [-0.15, -0.1) is 0 Å². The quantitative estimate of drug-likeness (QED) is 0.226. The molecule has 2 aliphatic rings. The zero-order chi connectivity index (χ0) is 32.8. The molecule has 0 bridgehead atoms. The summed E-state index contributed by atoms with van der Waals surface area (Å²) >= 11 is 6.72. The van der Waals surface area contributed by atoms with Gasteiger partial charge in [-0.05, 0) is 117 Å². The van der Waals surface area contributed by atoms with Crippen LogP contribution in [0.3, 0.4) is 0 Å². The van der Waals surface area contributed by atoms with Gasteiger partial charge in [-0.1, -0.05) is 66.6 Å². The molecule has 0 aliphatic carbocycles. The van der Waals surface area contributed by atoms with E-state index in [9.17, 15) is 9.90 Å². The smallest absolute Gasteiger partial charge is 0.320 e. The first-order valence-electron chi connectivity index (χ1n) is 16.7. The van der Waals surface area contributed by atoms with Crippen LogP contribution in [0.2, 0.25) is 5.02 Å². The van der Waals surface area contributed by atoms with Gasteiger partial charge in [0, 0.05) is 26.2 Å². The molecule has 0 aromatic heterocycles. The average molecular weight is 645 g/mol. The summed E-state index contributed by atoms with van der Waals surface area (Å²) in [4.78, 5) is 16.3. The number of carbonyl (C=O) groups is 1. The van der Waals surface area contributed by atoms with Crippen LogP contribution in [0.25, 0.3) is 17.2 Å². The van der Waals surface area contributed by atoms with E-state index in [-0.39, 0.29) is 0 Å². The minimum Gasteiger partial charge on any atom is -0.487 e. The lowest BCUT2D eigenvalue weighted by atomic mass is 9.91. The van der Waals surface area contributed by atoms with Gasteiger partial charge in [0.2, 0.25) is 0 Å². The number of carboxylic acids is 1. The van der Waals surface area contributed by atoms with Crippen LogP contribution in [-0.4, -0.2) is 65.3 Å². The maximum atomic E-state index is 11.8. The Labute approximate surface area is 280 Å². The number of morpholine rings is 1. The van der Waals surface area contributed by atoms with E-state index < -0.39 is 12.0 Å². The third-order valence-electron chi connectivity index (χ3n) is 9.56. The second-order valence-electron chi connectivity index (χ2n) is 13.1. The molecule has 3 aromatic rings. The van der Waals surface area contributed by atoms with Gasteiger partial charge in [0.25, 0.3) is 0 Å². The Morgan fingerprint density at radius 1 is 1.00 bits per heavy atom. The molecular formula is C39H49ClN2O4. The van der Waals surface area contributed by atoms with Crippen molar-refractivity contribution in [1.82, 2.24) is 9.80 Å². The first-order chi connectivity index (χ1) is 22.1. The number of aryl methyl sites for hydroxylation is 1. The average Bonchev–Trinajstić information content (AvgIpc) is 3.01. The summed E-state index contributed by atoms with van der Waals surface area (Å²) in [5.41, 5.74) is 9.34. The van der Waals surface area contributed by atoms with E-state index in [0.29, 0.717) is 42.6 Å². The fourth-order valence-electron chi connectivity index (χ4n) is 7.00. The van der Waals surface area contributed by atoms with E-state index >= 15 is 0 Å². The van der Waals surface area contributed by atoms with Gasteiger partial charge in [0.1, 0.15) is 18.4 Å². The molecule has 2 unspecified atom stereocenters. The van der Waals surface area contributed by atoms with Crippen LogP contribution in [0.5, 0.6) is 5.75 Å². The molecule has 2 saturated heterocycles. The number of ether oxygens (including phenoxy) is 2. The molecule has 0 saturated carbocycles. The predicted molar refractivity (Wildman–Crippen MR) is 188 cm³/mol. The third kappa shape index (κ3) is 8.40. The first kappa shape index (κ1) is 34.2. The van der Waals surface area contributed by atoms with E-state index in [0.717, 1.165) is 62.1 Å². The number of carboxylic acid groups (broad SMARTS) is 1. The van der Waals surface area contributed by atoms with Crippen LogP contribution in [-0.2, 0) is 22.7 Å². The van der Waals surface area contributed by atoms with Crippen LogP contribution in [0.4, 0.5) is 0 Å². The Kier molecular flexibility index (Phi) is 11.6. The van der Waals surface area contributed by atoms with Crippen LogP contribution < -0.4 is 4.74 Å². The Morgan fingerprint density at radius 2 is 1.72 bits per heavy atom. The van der Waals surface area contributed by atoms with Crippen molar-refractivity contribution in [2.75, 3.05) is 26.2 Å². The molecule has 1 N–H and O–H groups in total. The van der Waals surface area contributed by atoms with Crippen LogP contribution >= 0.6 is 11.6 Å². The van der Waals surface area contributed by atoms with E-state index in [2.05, 4.69) is 86.0 Å². The summed E-state index contributed by atoms with van der Waals surface area (Å²) in [6, 6.07) is 16.4. The second kappa shape index (κ2) is 15.6.